The van der Waals surface area contributed by atoms with Crippen molar-refractivity contribution in [2.75, 3.05) is 5.32 Å². The van der Waals surface area contributed by atoms with Crippen LogP contribution in [0.2, 0.25) is 5.02 Å². The van der Waals surface area contributed by atoms with Crippen LogP contribution in [0.1, 0.15) is 0 Å². The first-order valence-corrected chi connectivity index (χ1v) is 8.30. The van der Waals surface area contributed by atoms with Crippen molar-refractivity contribution in [3.63, 3.8) is 0 Å². The predicted molar refractivity (Wildman–Crippen MR) is 102 cm³/mol. The summed E-state index contributed by atoms with van der Waals surface area (Å²) in [7, 11) is 0. The van der Waals surface area contributed by atoms with Gasteiger partial charge in [-0.25, -0.2) is 13.9 Å². The van der Waals surface area contributed by atoms with E-state index in [1.54, 1.807) is 30.3 Å². The SMILES string of the molecule is O=c1c2cc(Cl)ccc2nc(Nc2ccccc2)n1-c1cccc(F)c1. The fourth-order valence-electron chi connectivity index (χ4n) is 2.75. The highest BCUT2D eigenvalue weighted by Crippen LogP contribution is 2.22. The number of nitrogens with one attached hydrogen (secondary N) is 1. The maximum absolute atomic E-state index is 13.7. The summed E-state index contributed by atoms with van der Waals surface area (Å²) in [6.45, 7) is 0. The third kappa shape index (κ3) is 3.05. The van der Waals surface area contributed by atoms with Gasteiger partial charge < -0.3 is 5.32 Å². The van der Waals surface area contributed by atoms with E-state index >= 15 is 0 Å². The van der Waals surface area contributed by atoms with Gasteiger partial charge in [-0.1, -0.05) is 35.9 Å². The minimum Gasteiger partial charge on any atom is -0.325 e. The molecule has 1 N–H and O–H groups in total. The quantitative estimate of drug-likeness (QED) is 0.560. The Labute approximate surface area is 153 Å². The smallest absolute Gasteiger partial charge is 0.267 e. The summed E-state index contributed by atoms with van der Waals surface area (Å²) in [6.07, 6.45) is 0. The van der Waals surface area contributed by atoms with Gasteiger partial charge in [0.25, 0.3) is 5.56 Å². The topological polar surface area (TPSA) is 46.9 Å². The maximum atomic E-state index is 13.7. The summed E-state index contributed by atoms with van der Waals surface area (Å²) < 4.78 is 15.1. The van der Waals surface area contributed by atoms with E-state index in [1.807, 2.05) is 30.3 Å². The van der Waals surface area contributed by atoms with Crippen molar-refractivity contribution in [2.45, 2.75) is 0 Å². The second-order valence-electron chi connectivity index (χ2n) is 5.71. The first-order valence-electron chi connectivity index (χ1n) is 7.92. The van der Waals surface area contributed by atoms with Gasteiger partial charge in [0.2, 0.25) is 5.95 Å². The van der Waals surface area contributed by atoms with E-state index in [4.69, 9.17) is 11.6 Å². The fraction of sp³-hybridized carbons (Fsp3) is 0. The number of fused-ring (bicyclic) bond motifs is 1. The molecule has 1 heterocycles. The largest absolute Gasteiger partial charge is 0.325 e. The van der Waals surface area contributed by atoms with Crippen molar-refractivity contribution in [1.29, 1.82) is 0 Å². The van der Waals surface area contributed by atoms with E-state index in [-0.39, 0.29) is 5.56 Å². The van der Waals surface area contributed by atoms with E-state index in [9.17, 15) is 9.18 Å². The molecule has 0 unspecified atom stereocenters. The Balaban J connectivity index is 2.00. The van der Waals surface area contributed by atoms with Crippen molar-refractivity contribution < 1.29 is 4.39 Å². The number of para-hydroxylation sites is 1. The van der Waals surface area contributed by atoms with E-state index < -0.39 is 5.82 Å². The number of hydrogen-bond acceptors (Lipinski definition) is 3. The molecule has 3 aromatic carbocycles. The molecule has 0 bridgehead atoms. The van der Waals surface area contributed by atoms with Crippen LogP contribution >= 0.6 is 11.6 Å². The van der Waals surface area contributed by atoms with Gasteiger partial charge in [0.1, 0.15) is 5.82 Å². The van der Waals surface area contributed by atoms with E-state index in [2.05, 4.69) is 10.3 Å². The summed E-state index contributed by atoms with van der Waals surface area (Å²) in [6, 6.07) is 20.1. The minimum absolute atomic E-state index is 0.293. The molecule has 0 atom stereocenters. The number of hydrogen-bond donors (Lipinski definition) is 1. The zero-order valence-corrected chi connectivity index (χ0v) is 14.2. The van der Waals surface area contributed by atoms with Gasteiger partial charge >= 0.3 is 0 Å². The van der Waals surface area contributed by atoms with Crippen molar-refractivity contribution in [2.24, 2.45) is 0 Å². The molecule has 0 saturated carbocycles. The molecule has 26 heavy (non-hydrogen) atoms. The second kappa shape index (κ2) is 6.61. The number of rotatable bonds is 3. The zero-order valence-electron chi connectivity index (χ0n) is 13.5. The van der Waals surface area contributed by atoms with E-state index in [1.165, 1.54) is 16.7 Å². The van der Waals surface area contributed by atoms with Crippen LogP contribution in [0.4, 0.5) is 16.0 Å². The molecule has 0 amide bonds. The number of nitrogens with zero attached hydrogens (tertiary/aromatic N) is 2. The third-order valence-electron chi connectivity index (χ3n) is 3.93. The average Bonchev–Trinajstić information content (AvgIpc) is 2.63. The lowest BCUT2D eigenvalue weighted by Crippen LogP contribution is -2.23. The molecule has 128 valence electrons. The summed E-state index contributed by atoms with van der Waals surface area (Å²) in [4.78, 5) is 17.7. The Bertz CT molecular complexity index is 1160. The summed E-state index contributed by atoms with van der Waals surface area (Å²) in [5.41, 5.74) is 1.31. The lowest BCUT2D eigenvalue weighted by atomic mass is 10.2. The normalized spacial score (nSPS) is 10.8. The monoisotopic (exact) mass is 365 g/mol. The molecule has 0 aliphatic rings. The van der Waals surface area contributed by atoms with Gasteiger partial charge in [0.15, 0.2) is 0 Å². The number of halogens is 2. The number of benzene rings is 3. The molecule has 4 rings (SSSR count). The number of aromatic nitrogens is 2. The predicted octanol–water partition coefficient (Wildman–Crippen LogP) is 4.92. The average molecular weight is 366 g/mol. The molecule has 0 aliphatic heterocycles. The van der Waals surface area contributed by atoms with Crippen LogP contribution in [0.5, 0.6) is 0 Å². The van der Waals surface area contributed by atoms with Crippen LogP contribution in [0, 0.1) is 5.82 Å². The number of anilines is 2. The second-order valence-corrected chi connectivity index (χ2v) is 6.14. The molecular formula is C20H13ClFN3O. The molecule has 6 heteroatoms. The summed E-state index contributed by atoms with van der Waals surface area (Å²) in [5, 5.41) is 3.93. The Morgan fingerprint density at radius 1 is 0.962 bits per heavy atom. The van der Waals surface area contributed by atoms with Crippen LogP contribution < -0.4 is 10.9 Å². The highest BCUT2D eigenvalue weighted by atomic mass is 35.5. The highest BCUT2D eigenvalue weighted by Gasteiger charge is 2.14. The van der Waals surface area contributed by atoms with E-state index in [0.717, 1.165) is 5.69 Å². The molecular weight excluding hydrogens is 353 g/mol. The van der Waals surface area contributed by atoms with Gasteiger partial charge in [-0.05, 0) is 48.5 Å². The standard InChI is InChI=1S/C20H13ClFN3O/c21-13-9-10-18-17(11-13)19(26)25(16-8-4-5-14(22)12-16)20(24-18)23-15-6-2-1-3-7-15/h1-12H,(H,23,24). The fourth-order valence-corrected chi connectivity index (χ4v) is 2.92. The summed E-state index contributed by atoms with van der Waals surface area (Å²) in [5.74, 6) is -0.145. The zero-order chi connectivity index (χ0) is 18.1. The van der Waals surface area contributed by atoms with Gasteiger partial charge in [0, 0.05) is 10.7 Å². The molecule has 0 radical (unpaired) electrons. The van der Waals surface area contributed by atoms with Crippen LogP contribution in [-0.2, 0) is 0 Å². The van der Waals surface area contributed by atoms with E-state index in [0.29, 0.717) is 27.6 Å². The van der Waals surface area contributed by atoms with Crippen molar-refractivity contribution in [1.82, 2.24) is 9.55 Å². The molecule has 0 aliphatic carbocycles. The van der Waals surface area contributed by atoms with Crippen molar-refractivity contribution in [3.8, 4) is 5.69 Å². The van der Waals surface area contributed by atoms with Crippen molar-refractivity contribution in [3.05, 3.63) is 94.0 Å². The highest BCUT2D eigenvalue weighted by molar-refractivity contribution is 6.31. The van der Waals surface area contributed by atoms with Gasteiger partial charge in [-0.15, -0.1) is 0 Å². The van der Waals surface area contributed by atoms with Crippen LogP contribution in [0.25, 0.3) is 16.6 Å². The molecule has 0 fully saturated rings. The molecule has 4 nitrogen and oxygen atoms in total. The van der Waals surface area contributed by atoms with Gasteiger partial charge in [-0.3, -0.25) is 4.79 Å². The van der Waals surface area contributed by atoms with Crippen LogP contribution in [0.15, 0.2) is 77.6 Å². The van der Waals surface area contributed by atoms with Crippen LogP contribution in [-0.4, -0.2) is 9.55 Å². The first-order chi connectivity index (χ1) is 12.6. The lowest BCUT2D eigenvalue weighted by Gasteiger charge is -2.15. The van der Waals surface area contributed by atoms with Gasteiger partial charge in [-0.2, -0.15) is 0 Å². The Morgan fingerprint density at radius 3 is 2.54 bits per heavy atom. The lowest BCUT2D eigenvalue weighted by molar-refractivity contribution is 0.626. The molecule has 0 spiro atoms. The molecule has 4 aromatic rings. The Morgan fingerprint density at radius 2 is 1.77 bits per heavy atom. The first kappa shape index (κ1) is 16.3. The molecule has 0 saturated heterocycles. The summed E-state index contributed by atoms with van der Waals surface area (Å²) >= 11 is 6.03. The Hall–Kier alpha value is -3.18. The van der Waals surface area contributed by atoms with Gasteiger partial charge in [0.05, 0.1) is 16.6 Å². The maximum Gasteiger partial charge on any atom is 0.267 e. The van der Waals surface area contributed by atoms with Crippen molar-refractivity contribution >= 4 is 34.1 Å². The minimum atomic E-state index is -0.439. The molecule has 1 aromatic heterocycles. The third-order valence-corrected chi connectivity index (χ3v) is 4.16. The van der Waals surface area contributed by atoms with Crippen LogP contribution in [0.3, 0.4) is 0 Å². The Kier molecular flexibility index (Phi) is 4.14.